The summed E-state index contributed by atoms with van der Waals surface area (Å²) in [6.07, 6.45) is 6.28. The smallest absolute Gasteiger partial charge is 0.00553 e. The molecular formula is C10H22N2S. The lowest BCUT2D eigenvalue weighted by molar-refractivity contribution is 0.441. The molecule has 0 radical (unpaired) electrons. The monoisotopic (exact) mass is 202 g/mol. The van der Waals surface area contributed by atoms with Crippen LogP contribution in [-0.4, -0.2) is 38.2 Å². The minimum absolute atomic E-state index is 0.914. The van der Waals surface area contributed by atoms with E-state index in [0.29, 0.717) is 0 Å². The molecule has 2 nitrogen and oxygen atoms in total. The van der Waals surface area contributed by atoms with Gasteiger partial charge in [-0.15, -0.1) is 0 Å². The Bertz CT molecular complexity index is 111. The van der Waals surface area contributed by atoms with Gasteiger partial charge in [-0.05, 0) is 51.1 Å². The minimum atomic E-state index is 0.914. The lowest BCUT2D eigenvalue weighted by Gasteiger charge is -2.13. The molecule has 1 unspecified atom stereocenters. The Morgan fingerprint density at radius 2 is 2.31 bits per heavy atom. The third-order valence-corrected chi connectivity index (χ3v) is 3.22. The van der Waals surface area contributed by atoms with E-state index in [2.05, 4.69) is 16.9 Å². The van der Waals surface area contributed by atoms with Gasteiger partial charge in [-0.2, -0.15) is 11.8 Å². The second-order valence-corrected chi connectivity index (χ2v) is 4.73. The highest BCUT2D eigenvalue weighted by molar-refractivity contribution is 7.98. The highest BCUT2D eigenvalue weighted by Gasteiger charge is 2.10. The zero-order valence-corrected chi connectivity index (χ0v) is 9.46. The average molecular weight is 202 g/mol. The van der Waals surface area contributed by atoms with Gasteiger partial charge in [0.15, 0.2) is 0 Å². The van der Waals surface area contributed by atoms with Crippen LogP contribution >= 0.6 is 11.8 Å². The summed E-state index contributed by atoms with van der Waals surface area (Å²) in [5, 5.41) is 6.98. The summed E-state index contributed by atoms with van der Waals surface area (Å²) in [5.41, 5.74) is 0. The minimum Gasteiger partial charge on any atom is -0.317 e. The predicted molar refractivity (Wildman–Crippen MR) is 61.5 cm³/mol. The van der Waals surface area contributed by atoms with Gasteiger partial charge in [-0.25, -0.2) is 0 Å². The largest absolute Gasteiger partial charge is 0.317 e. The third kappa shape index (κ3) is 5.55. The summed E-state index contributed by atoms with van der Waals surface area (Å²) in [4.78, 5) is 0. The van der Waals surface area contributed by atoms with E-state index in [-0.39, 0.29) is 0 Å². The van der Waals surface area contributed by atoms with E-state index in [1.165, 1.54) is 51.2 Å². The molecular weight excluding hydrogens is 180 g/mol. The molecule has 0 spiro atoms. The fourth-order valence-electron chi connectivity index (χ4n) is 1.78. The van der Waals surface area contributed by atoms with Gasteiger partial charge in [-0.1, -0.05) is 0 Å². The molecule has 1 aliphatic rings. The van der Waals surface area contributed by atoms with E-state index < -0.39 is 0 Å². The maximum absolute atomic E-state index is 3.54. The van der Waals surface area contributed by atoms with Crippen molar-refractivity contribution in [2.45, 2.75) is 19.3 Å². The van der Waals surface area contributed by atoms with E-state index in [4.69, 9.17) is 0 Å². The molecule has 0 aromatic carbocycles. The van der Waals surface area contributed by atoms with E-state index in [1.54, 1.807) is 0 Å². The van der Waals surface area contributed by atoms with Gasteiger partial charge >= 0.3 is 0 Å². The standard InChI is InChI=1S/C10H22N2S/c1-13-8-7-12-9-10-3-2-5-11-6-4-10/h10-12H,2-9H2,1H3. The van der Waals surface area contributed by atoms with Crippen LogP contribution in [0.1, 0.15) is 19.3 Å². The first-order chi connectivity index (χ1) is 6.43. The molecule has 1 aliphatic heterocycles. The number of nitrogens with one attached hydrogen (secondary N) is 2. The summed E-state index contributed by atoms with van der Waals surface area (Å²) in [6.45, 7) is 4.84. The molecule has 3 heteroatoms. The van der Waals surface area contributed by atoms with Gasteiger partial charge < -0.3 is 10.6 Å². The second kappa shape index (κ2) is 7.65. The first-order valence-electron chi connectivity index (χ1n) is 5.34. The number of rotatable bonds is 5. The highest BCUT2D eigenvalue weighted by atomic mass is 32.2. The molecule has 2 N–H and O–H groups in total. The fraction of sp³-hybridized carbons (Fsp3) is 1.00. The lowest BCUT2D eigenvalue weighted by atomic mass is 10.0. The van der Waals surface area contributed by atoms with E-state index in [0.717, 1.165) is 5.92 Å². The van der Waals surface area contributed by atoms with Crippen LogP contribution < -0.4 is 10.6 Å². The number of hydrogen-bond donors (Lipinski definition) is 2. The van der Waals surface area contributed by atoms with Gasteiger partial charge in [0.2, 0.25) is 0 Å². The van der Waals surface area contributed by atoms with Crippen molar-refractivity contribution in [2.75, 3.05) is 38.2 Å². The second-order valence-electron chi connectivity index (χ2n) is 3.74. The van der Waals surface area contributed by atoms with Gasteiger partial charge in [0.05, 0.1) is 0 Å². The maximum atomic E-state index is 3.54. The van der Waals surface area contributed by atoms with Crippen molar-refractivity contribution < 1.29 is 0 Å². The van der Waals surface area contributed by atoms with Gasteiger partial charge in [-0.3, -0.25) is 0 Å². The molecule has 13 heavy (non-hydrogen) atoms. The highest BCUT2D eigenvalue weighted by Crippen LogP contribution is 2.11. The van der Waals surface area contributed by atoms with Crippen LogP contribution in [0.5, 0.6) is 0 Å². The Balaban J connectivity index is 1.98. The molecule has 0 bridgehead atoms. The Hall–Kier alpha value is 0.270. The van der Waals surface area contributed by atoms with E-state index in [1.807, 2.05) is 11.8 Å². The Morgan fingerprint density at radius 1 is 1.38 bits per heavy atom. The van der Waals surface area contributed by atoms with Gasteiger partial charge in [0.1, 0.15) is 0 Å². The molecule has 1 atom stereocenters. The summed E-state index contributed by atoms with van der Waals surface area (Å²) >= 11 is 1.92. The Morgan fingerprint density at radius 3 is 3.15 bits per heavy atom. The lowest BCUT2D eigenvalue weighted by Crippen LogP contribution is -2.25. The summed E-state index contributed by atoms with van der Waals surface area (Å²) in [6, 6.07) is 0. The number of hydrogen-bond acceptors (Lipinski definition) is 3. The van der Waals surface area contributed by atoms with Gasteiger partial charge in [0, 0.05) is 12.3 Å². The van der Waals surface area contributed by atoms with Crippen molar-refractivity contribution in [2.24, 2.45) is 5.92 Å². The molecule has 0 aromatic heterocycles. The summed E-state index contributed by atoms with van der Waals surface area (Å²) < 4.78 is 0. The van der Waals surface area contributed by atoms with E-state index >= 15 is 0 Å². The molecule has 0 aromatic rings. The summed E-state index contributed by atoms with van der Waals surface area (Å²) in [7, 11) is 0. The topological polar surface area (TPSA) is 24.1 Å². The van der Waals surface area contributed by atoms with Crippen LogP contribution in [0.3, 0.4) is 0 Å². The number of thioether (sulfide) groups is 1. The van der Waals surface area contributed by atoms with Crippen LogP contribution in [0.15, 0.2) is 0 Å². The fourth-order valence-corrected chi connectivity index (χ4v) is 2.12. The first-order valence-corrected chi connectivity index (χ1v) is 6.73. The SMILES string of the molecule is CSCCNCC1CCCNCC1. The molecule has 1 heterocycles. The molecule has 1 saturated heterocycles. The van der Waals surface area contributed by atoms with E-state index in [9.17, 15) is 0 Å². The van der Waals surface area contributed by atoms with Crippen molar-refractivity contribution in [1.29, 1.82) is 0 Å². The van der Waals surface area contributed by atoms with Crippen LogP contribution in [-0.2, 0) is 0 Å². The van der Waals surface area contributed by atoms with Crippen LogP contribution in [0.4, 0.5) is 0 Å². The molecule has 0 saturated carbocycles. The van der Waals surface area contributed by atoms with Crippen LogP contribution in [0.25, 0.3) is 0 Å². The first kappa shape index (κ1) is 11.3. The predicted octanol–water partition coefficient (Wildman–Crippen LogP) is 1.33. The molecule has 1 fully saturated rings. The van der Waals surface area contributed by atoms with Crippen molar-refractivity contribution in [3.05, 3.63) is 0 Å². The van der Waals surface area contributed by atoms with Crippen molar-refractivity contribution >= 4 is 11.8 Å². The summed E-state index contributed by atoms with van der Waals surface area (Å²) in [5.74, 6) is 2.15. The Labute approximate surface area is 86.2 Å². The van der Waals surface area contributed by atoms with Crippen LogP contribution in [0, 0.1) is 5.92 Å². The van der Waals surface area contributed by atoms with Crippen molar-refractivity contribution in [3.63, 3.8) is 0 Å². The van der Waals surface area contributed by atoms with Gasteiger partial charge in [0.25, 0.3) is 0 Å². The molecule has 1 rings (SSSR count). The molecule has 78 valence electrons. The van der Waals surface area contributed by atoms with Crippen molar-refractivity contribution in [1.82, 2.24) is 10.6 Å². The zero-order valence-electron chi connectivity index (χ0n) is 8.64. The zero-order chi connectivity index (χ0) is 9.36. The van der Waals surface area contributed by atoms with Crippen molar-refractivity contribution in [3.8, 4) is 0 Å². The Kier molecular flexibility index (Phi) is 6.68. The van der Waals surface area contributed by atoms with Crippen LogP contribution in [0.2, 0.25) is 0 Å². The molecule has 0 amide bonds. The maximum Gasteiger partial charge on any atom is 0.00553 e. The third-order valence-electron chi connectivity index (χ3n) is 2.61. The average Bonchev–Trinajstić information content (AvgIpc) is 2.41. The quantitative estimate of drug-likeness (QED) is 0.658. The molecule has 0 aliphatic carbocycles. The normalized spacial score (nSPS) is 24.2.